The fourth-order valence-corrected chi connectivity index (χ4v) is 1.90. The molecule has 0 saturated heterocycles. The number of methoxy groups -OCH3 is 1. The van der Waals surface area contributed by atoms with Crippen LogP contribution in [0.5, 0.6) is 5.75 Å². The van der Waals surface area contributed by atoms with Crippen LogP contribution in [0.1, 0.15) is 18.5 Å². The van der Waals surface area contributed by atoms with Crippen LogP contribution in [0.2, 0.25) is 0 Å². The summed E-state index contributed by atoms with van der Waals surface area (Å²) in [5.41, 5.74) is 1.56. The van der Waals surface area contributed by atoms with Gasteiger partial charge >= 0.3 is 5.97 Å². The maximum atomic E-state index is 12.1. The van der Waals surface area contributed by atoms with E-state index < -0.39 is 6.04 Å². The second kappa shape index (κ2) is 7.28. The van der Waals surface area contributed by atoms with Crippen molar-refractivity contribution in [2.24, 2.45) is 0 Å². The summed E-state index contributed by atoms with van der Waals surface area (Å²) in [7, 11) is 1.61. The van der Waals surface area contributed by atoms with Gasteiger partial charge in [-0.1, -0.05) is 6.07 Å². The first kappa shape index (κ1) is 14.8. The quantitative estimate of drug-likeness (QED) is 0.827. The molecule has 0 radical (unpaired) electrons. The van der Waals surface area contributed by atoms with E-state index in [0.717, 1.165) is 17.0 Å². The Morgan fingerprint density at radius 3 is 2.62 bits per heavy atom. The fraction of sp³-hybridized carbons (Fsp3) is 0.250. The number of esters is 1. The molecule has 0 aliphatic carbocycles. The Bertz CT molecular complexity index is 570. The summed E-state index contributed by atoms with van der Waals surface area (Å²) < 4.78 is 10.2. The number of anilines is 1. The van der Waals surface area contributed by atoms with Gasteiger partial charge in [0.05, 0.1) is 13.7 Å². The van der Waals surface area contributed by atoms with Crippen LogP contribution in [-0.4, -0.2) is 24.7 Å². The third-order valence-electron chi connectivity index (χ3n) is 2.94. The van der Waals surface area contributed by atoms with Gasteiger partial charge in [-0.05, 0) is 37.3 Å². The number of rotatable bonds is 6. The van der Waals surface area contributed by atoms with Crippen molar-refractivity contribution < 1.29 is 14.3 Å². The number of hydrogen-bond acceptors (Lipinski definition) is 5. The molecule has 0 saturated carbocycles. The third-order valence-corrected chi connectivity index (χ3v) is 2.94. The van der Waals surface area contributed by atoms with Gasteiger partial charge in [0.2, 0.25) is 0 Å². The number of nitrogens with one attached hydrogen (secondary N) is 1. The number of aromatic nitrogens is 1. The predicted molar refractivity (Wildman–Crippen MR) is 80.2 cm³/mol. The molecule has 0 aliphatic heterocycles. The lowest BCUT2D eigenvalue weighted by molar-refractivity contribution is -0.144. The van der Waals surface area contributed by atoms with E-state index in [1.807, 2.05) is 30.3 Å². The Balaban J connectivity index is 2.21. The maximum Gasteiger partial charge on any atom is 0.333 e. The molecular weight excluding hydrogens is 268 g/mol. The summed E-state index contributed by atoms with van der Waals surface area (Å²) in [4.78, 5) is 16.2. The smallest absolute Gasteiger partial charge is 0.333 e. The highest BCUT2D eigenvalue weighted by molar-refractivity contribution is 5.81. The standard InChI is InChI=1S/C16H18N2O3/c1-3-21-16(19)15(12-5-4-10-17-11-12)18-13-6-8-14(20-2)9-7-13/h4-11,15,18H,3H2,1-2H3. The third kappa shape index (κ3) is 3.95. The van der Waals surface area contributed by atoms with E-state index in [9.17, 15) is 4.79 Å². The molecule has 0 aliphatic rings. The number of nitrogens with zero attached hydrogens (tertiary/aromatic N) is 1. The minimum absolute atomic E-state index is 0.332. The second-order valence-electron chi connectivity index (χ2n) is 4.34. The molecule has 1 atom stereocenters. The highest BCUT2D eigenvalue weighted by Gasteiger charge is 2.22. The summed E-state index contributed by atoms with van der Waals surface area (Å²) in [6.45, 7) is 2.12. The zero-order chi connectivity index (χ0) is 15.1. The Kier molecular flexibility index (Phi) is 5.15. The molecule has 5 heteroatoms. The zero-order valence-corrected chi connectivity index (χ0v) is 12.1. The van der Waals surface area contributed by atoms with E-state index in [-0.39, 0.29) is 5.97 Å². The maximum absolute atomic E-state index is 12.1. The summed E-state index contributed by atoms with van der Waals surface area (Å²) in [6, 6.07) is 10.4. The molecule has 0 fully saturated rings. The first-order valence-corrected chi connectivity index (χ1v) is 6.71. The minimum atomic E-state index is -0.591. The van der Waals surface area contributed by atoms with Gasteiger partial charge in [-0.25, -0.2) is 4.79 Å². The van der Waals surface area contributed by atoms with E-state index in [4.69, 9.17) is 9.47 Å². The van der Waals surface area contributed by atoms with Crippen molar-refractivity contribution in [2.75, 3.05) is 19.0 Å². The van der Waals surface area contributed by atoms with E-state index in [0.29, 0.717) is 6.61 Å². The van der Waals surface area contributed by atoms with Crippen LogP contribution in [0.25, 0.3) is 0 Å². The molecule has 0 spiro atoms. The number of hydrogen-bond donors (Lipinski definition) is 1. The zero-order valence-electron chi connectivity index (χ0n) is 12.1. The first-order chi connectivity index (χ1) is 10.2. The predicted octanol–water partition coefficient (Wildman–Crippen LogP) is 2.81. The molecule has 1 unspecified atom stereocenters. The van der Waals surface area contributed by atoms with Gasteiger partial charge in [-0.2, -0.15) is 0 Å². The highest BCUT2D eigenvalue weighted by Crippen LogP contribution is 2.22. The van der Waals surface area contributed by atoms with Crippen LogP contribution in [0.15, 0.2) is 48.8 Å². The fourth-order valence-electron chi connectivity index (χ4n) is 1.90. The largest absolute Gasteiger partial charge is 0.497 e. The Morgan fingerprint density at radius 1 is 1.29 bits per heavy atom. The number of benzene rings is 1. The SMILES string of the molecule is CCOC(=O)C(Nc1ccc(OC)cc1)c1cccnc1. The molecule has 1 aromatic heterocycles. The molecule has 1 heterocycles. The van der Waals surface area contributed by atoms with Crippen molar-refractivity contribution in [2.45, 2.75) is 13.0 Å². The van der Waals surface area contributed by atoms with Crippen LogP contribution in [0, 0.1) is 0 Å². The monoisotopic (exact) mass is 286 g/mol. The topological polar surface area (TPSA) is 60.5 Å². The van der Waals surface area contributed by atoms with Crippen molar-refractivity contribution >= 4 is 11.7 Å². The Hall–Kier alpha value is -2.56. The normalized spacial score (nSPS) is 11.5. The van der Waals surface area contributed by atoms with Crippen LogP contribution in [0.4, 0.5) is 5.69 Å². The van der Waals surface area contributed by atoms with Crippen molar-refractivity contribution in [1.82, 2.24) is 4.98 Å². The Morgan fingerprint density at radius 2 is 2.05 bits per heavy atom. The van der Waals surface area contributed by atoms with E-state index in [1.165, 1.54) is 0 Å². The lowest BCUT2D eigenvalue weighted by Gasteiger charge is -2.18. The molecule has 110 valence electrons. The lowest BCUT2D eigenvalue weighted by atomic mass is 10.1. The van der Waals surface area contributed by atoms with Gasteiger partial charge in [0.1, 0.15) is 5.75 Å². The van der Waals surface area contributed by atoms with Crippen LogP contribution >= 0.6 is 0 Å². The summed E-state index contributed by atoms with van der Waals surface area (Å²) >= 11 is 0. The molecule has 0 bridgehead atoms. The van der Waals surface area contributed by atoms with E-state index >= 15 is 0 Å². The summed E-state index contributed by atoms with van der Waals surface area (Å²) in [6.07, 6.45) is 3.32. The molecule has 1 aromatic carbocycles. The average molecular weight is 286 g/mol. The van der Waals surface area contributed by atoms with Gasteiger partial charge in [0.15, 0.2) is 6.04 Å². The van der Waals surface area contributed by atoms with Crippen LogP contribution in [-0.2, 0) is 9.53 Å². The lowest BCUT2D eigenvalue weighted by Crippen LogP contribution is -2.23. The van der Waals surface area contributed by atoms with Gasteiger partial charge < -0.3 is 14.8 Å². The van der Waals surface area contributed by atoms with Crippen LogP contribution < -0.4 is 10.1 Å². The number of ether oxygens (including phenoxy) is 2. The highest BCUT2D eigenvalue weighted by atomic mass is 16.5. The van der Waals surface area contributed by atoms with E-state index in [1.54, 1.807) is 32.5 Å². The molecule has 0 amide bonds. The van der Waals surface area contributed by atoms with E-state index in [2.05, 4.69) is 10.3 Å². The summed E-state index contributed by atoms with van der Waals surface area (Å²) in [5.74, 6) is 0.427. The molecule has 5 nitrogen and oxygen atoms in total. The molecule has 1 N–H and O–H groups in total. The summed E-state index contributed by atoms with van der Waals surface area (Å²) in [5, 5.41) is 3.16. The van der Waals surface area contributed by atoms with Gasteiger partial charge in [-0.3, -0.25) is 4.98 Å². The minimum Gasteiger partial charge on any atom is -0.497 e. The number of carbonyl (C=O) groups is 1. The van der Waals surface area contributed by atoms with Gasteiger partial charge in [-0.15, -0.1) is 0 Å². The molecule has 2 rings (SSSR count). The van der Waals surface area contributed by atoms with Crippen molar-refractivity contribution in [3.05, 3.63) is 54.4 Å². The Labute approximate surface area is 123 Å². The van der Waals surface area contributed by atoms with Gasteiger partial charge in [0.25, 0.3) is 0 Å². The molecular formula is C16H18N2O3. The van der Waals surface area contributed by atoms with Crippen molar-refractivity contribution in [1.29, 1.82) is 0 Å². The number of pyridine rings is 1. The van der Waals surface area contributed by atoms with Crippen LogP contribution in [0.3, 0.4) is 0 Å². The second-order valence-corrected chi connectivity index (χ2v) is 4.34. The number of carbonyl (C=O) groups excluding carboxylic acids is 1. The van der Waals surface area contributed by atoms with Crippen molar-refractivity contribution in [3.8, 4) is 5.75 Å². The molecule has 2 aromatic rings. The first-order valence-electron chi connectivity index (χ1n) is 6.71. The average Bonchev–Trinajstić information content (AvgIpc) is 2.54. The van der Waals surface area contributed by atoms with Crippen molar-refractivity contribution in [3.63, 3.8) is 0 Å². The molecule has 21 heavy (non-hydrogen) atoms. The van der Waals surface area contributed by atoms with Gasteiger partial charge in [0, 0.05) is 23.6 Å².